The summed E-state index contributed by atoms with van der Waals surface area (Å²) < 4.78 is 22.1. The molecule has 0 spiro atoms. The van der Waals surface area contributed by atoms with E-state index in [1.165, 1.54) is 0 Å². The van der Waals surface area contributed by atoms with Crippen LogP contribution in [0.25, 0.3) is 11.5 Å². The smallest absolute Gasteiger partial charge is 0.339 e. The Kier molecular flexibility index (Phi) is 5.79. The first-order chi connectivity index (χ1) is 15.0. The predicted octanol–water partition coefficient (Wildman–Crippen LogP) is 4.84. The van der Waals surface area contributed by atoms with Crippen LogP contribution in [0.2, 0.25) is 0 Å². The average molecular weight is 419 g/mol. The molecule has 0 radical (unpaired) electrons. The number of rotatable bonds is 7. The van der Waals surface area contributed by atoms with Crippen molar-refractivity contribution in [3.63, 3.8) is 0 Å². The molecule has 0 bridgehead atoms. The third-order valence-electron chi connectivity index (χ3n) is 4.73. The fourth-order valence-corrected chi connectivity index (χ4v) is 2.95. The largest absolute Gasteiger partial charge is 0.489 e. The second kappa shape index (κ2) is 8.83. The number of carbonyl (C=O) groups excluding carboxylic acids is 1. The standard InChI is InChI=1S/C23H21N3O5/c1-14-20(15(2)31-26-14)13-28-19-11-7-10-18(12-19)23(27)29-16(3)21-24-25-22(30-21)17-8-5-4-6-9-17/h4-12,16H,13H2,1-3H3/t16-/m0/s1. The number of benzene rings is 2. The van der Waals surface area contributed by atoms with E-state index in [-0.39, 0.29) is 5.89 Å². The maximum Gasteiger partial charge on any atom is 0.339 e. The molecule has 2 aromatic heterocycles. The molecule has 0 N–H and O–H groups in total. The van der Waals surface area contributed by atoms with Crippen molar-refractivity contribution in [1.29, 1.82) is 0 Å². The molecule has 0 saturated carbocycles. The molecule has 0 aliphatic rings. The molecule has 31 heavy (non-hydrogen) atoms. The number of aromatic nitrogens is 3. The molecule has 4 rings (SSSR count). The van der Waals surface area contributed by atoms with Crippen LogP contribution in [0.4, 0.5) is 0 Å². The van der Waals surface area contributed by atoms with Gasteiger partial charge in [-0.3, -0.25) is 0 Å². The van der Waals surface area contributed by atoms with E-state index in [2.05, 4.69) is 15.4 Å². The average Bonchev–Trinajstić information content (AvgIpc) is 3.40. The zero-order valence-electron chi connectivity index (χ0n) is 17.4. The van der Waals surface area contributed by atoms with Gasteiger partial charge in [-0.15, -0.1) is 10.2 Å². The minimum absolute atomic E-state index is 0.220. The molecule has 2 heterocycles. The van der Waals surface area contributed by atoms with Gasteiger partial charge in [-0.05, 0) is 51.1 Å². The third-order valence-corrected chi connectivity index (χ3v) is 4.73. The minimum atomic E-state index is -0.704. The van der Waals surface area contributed by atoms with E-state index in [1.54, 1.807) is 31.2 Å². The lowest BCUT2D eigenvalue weighted by atomic mass is 10.2. The van der Waals surface area contributed by atoms with Gasteiger partial charge in [-0.25, -0.2) is 4.79 Å². The number of ether oxygens (including phenoxy) is 2. The Bertz CT molecular complexity index is 1160. The molecule has 0 amide bonds. The van der Waals surface area contributed by atoms with Crippen LogP contribution in [0.15, 0.2) is 63.5 Å². The van der Waals surface area contributed by atoms with E-state index in [0.29, 0.717) is 29.6 Å². The van der Waals surface area contributed by atoms with Gasteiger partial charge in [0.15, 0.2) is 6.10 Å². The second-order valence-corrected chi connectivity index (χ2v) is 6.98. The van der Waals surface area contributed by atoms with E-state index in [9.17, 15) is 4.79 Å². The van der Waals surface area contributed by atoms with Crippen molar-refractivity contribution in [2.24, 2.45) is 0 Å². The Balaban J connectivity index is 1.40. The summed E-state index contributed by atoms with van der Waals surface area (Å²) in [6.45, 7) is 5.65. The highest BCUT2D eigenvalue weighted by atomic mass is 16.6. The van der Waals surface area contributed by atoms with Crippen LogP contribution in [0.3, 0.4) is 0 Å². The zero-order valence-corrected chi connectivity index (χ0v) is 17.4. The van der Waals surface area contributed by atoms with Crippen LogP contribution in [-0.4, -0.2) is 21.3 Å². The molecular formula is C23H21N3O5. The van der Waals surface area contributed by atoms with Gasteiger partial charge in [-0.1, -0.05) is 29.4 Å². The van der Waals surface area contributed by atoms with Crippen molar-refractivity contribution in [3.8, 4) is 17.2 Å². The van der Waals surface area contributed by atoms with Gasteiger partial charge in [0, 0.05) is 5.56 Å². The normalized spacial score (nSPS) is 11.8. The topological polar surface area (TPSA) is 100 Å². The van der Waals surface area contributed by atoms with E-state index < -0.39 is 12.1 Å². The summed E-state index contributed by atoms with van der Waals surface area (Å²) in [7, 11) is 0. The summed E-state index contributed by atoms with van der Waals surface area (Å²) in [6.07, 6.45) is -0.704. The molecule has 0 fully saturated rings. The summed E-state index contributed by atoms with van der Waals surface area (Å²) in [4.78, 5) is 12.6. The summed E-state index contributed by atoms with van der Waals surface area (Å²) in [5.74, 6) is 1.31. The summed E-state index contributed by atoms with van der Waals surface area (Å²) in [6, 6.07) is 16.2. The Hall–Kier alpha value is -3.94. The molecule has 0 unspecified atom stereocenters. The van der Waals surface area contributed by atoms with Crippen molar-refractivity contribution in [1.82, 2.24) is 15.4 Å². The third kappa shape index (κ3) is 4.63. The lowest BCUT2D eigenvalue weighted by molar-refractivity contribution is 0.0279. The minimum Gasteiger partial charge on any atom is -0.489 e. The van der Waals surface area contributed by atoms with Gasteiger partial charge in [0.1, 0.15) is 18.1 Å². The quantitative estimate of drug-likeness (QED) is 0.392. The van der Waals surface area contributed by atoms with Crippen LogP contribution in [-0.2, 0) is 11.3 Å². The van der Waals surface area contributed by atoms with Crippen molar-refractivity contribution in [2.75, 3.05) is 0 Å². The molecule has 8 heteroatoms. The molecule has 0 aliphatic heterocycles. The van der Waals surface area contributed by atoms with Crippen molar-refractivity contribution in [2.45, 2.75) is 33.5 Å². The molecular weight excluding hydrogens is 398 g/mol. The predicted molar refractivity (Wildman–Crippen MR) is 110 cm³/mol. The fraction of sp³-hybridized carbons (Fsp3) is 0.217. The highest BCUT2D eigenvalue weighted by Gasteiger charge is 2.20. The lowest BCUT2D eigenvalue weighted by Gasteiger charge is -2.11. The summed E-state index contributed by atoms with van der Waals surface area (Å²) in [5, 5.41) is 11.9. The van der Waals surface area contributed by atoms with E-state index >= 15 is 0 Å². The van der Waals surface area contributed by atoms with Gasteiger partial charge in [0.25, 0.3) is 5.89 Å². The number of carbonyl (C=O) groups is 1. The number of esters is 1. The lowest BCUT2D eigenvalue weighted by Crippen LogP contribution is -2.10. The summed E-state index contributed by atoms with van der Waals surface area (Å²) >= 11 is 0. The first-order valence-electron chi connectivity index (χ1n) is 9.75. The monoisotopic (exact) mass is 419 g/mol. The van der Waals surface area contributed by atoms with E-state index in [1.807, 2.05) is 44.2 Å². The second-order valence-electron chi connectivity index (χ2n) is 6.98. The van der Waals surface area contributed by atoms with Crippen molar-refractivity contribution >= 4 is 5.97 Å². The van der Waals surface area contributed by atoms with Gasteiger partial charge in [-0.2, -0.15) is 0 Å². The molecule has 8 nitrogen and oxygen atoms in total. The van der Waals surface area contributed by atoms with Gasteiger partial charge >= 0.3 is 5.97 Å². The number of hydrogen-bond acceptors (Lipinski definition) is 8. The Labute approximate surface area is 178 Å². The van der Waals surface area contributed by atoms with Gasteiger partial charge < -0.3 is 18.4 Å². The highest BCUT2D eigenvalue weighted by Crippen LogP contribution is 2.24. The Morgan fingerprint density at radius 1 is 1.06 bits per heavy atom. The molecule has 0 aliphatic carbocycles. The van der Waals surface area contributed by atoms with Crippen LogP contribution in [0.5, 0.6) is 5.75 Å². The van der Waals surface area contributed by atoms with Crippen LogP contribution >= 0.6 is 0 Å². The molecule has 1 atom stereocenters. The molecule has 0 saturated heterocycles. The highest BCUT2D eigenvalue weighted by molar-refractivity contribution is 5.90. The number of aryl methyl sites for hydroxylation is 2. The van der Waals surface area contributed by atoms with Crippen LogP contribution in [0.1, 0.15) is 46.3 Å². The first kappa shape index (κ1) is 20.3. The van der Waals surface area contributed by atoms with Crippen LogP contribution < -0.4 is 4.74 Å². The fourth-order valence-electron chi connectivity index (χ4n) is 2.95. The SMILES string of the molecule is Cc1noc(C)c1COc1cccc(C(=O)O[C@@H](C)c2nnc(-c3ccccc3)o2)c1. The van der Waals surface area contributed by atoms with Gasteiger partial charge in [0.05, 0.1) is 16.8 Å². The van der Waals surface area contributed by atoms with E-state index in [0.717, 1.165) is 16.8 Å². The maximum absolute atomic E-state index is 12.6. The van der Waals surface area contributed by atoms with Crippen molar-refractivity contribution < 1.29 is 23.2 Å². The van der Waals surface area contributed by atoms with E-state index in [4.69, 9.17) is 18.4 Å². The molecule has 4 aromatic rings. The van der Waals surface area contributed by atoms with Crippen molar-refractivity contribution in [3.05, 3.63) is 83.1 Å². The Morgan fingerprint density at radius 3 is 2.61 bits per heavy atom. The molecule has 158 valence electrons. The number of hydrogen-bond donors (Lipinski definition) is 0. The Morgan fingerprint density at radius 2 is 1.87 bits per heavy atom. The molecule has 2 aromatic carbocycles. The maximum atomic E-state index is 12.6. The van der Waals surface area contributed by atoms with Crippen LogP contribution in [0, 0.1) is 13.8 Å². The zero-order chi connectivity index (χ0) is 21.8. The van der Waals surface area contributed by atoms with Gasteiger partial charge in [0.2, 0.25) is 5.89 Å². The number of nitrogens with zero attached hydrogens (tertiary/aromatic N) is 3. The first-order valence-corrected chi connectivity index (χ1v) is 9.75. The summed E-state index contributed by atoms with van der Waals surface area (Å²) in [5.41, 5.74) is 2.80.